The minimum absolute atomic E-state index is 0. The van der Waals surface area contributed by atoms with Crippen LogP contribution in [0.1, 0.15) is 13.8 Å². The molecule has 0 bridgehead atoms. The number of hydrogen-bond donors (Lipinski definition) is 0. The lowest BCUT2D eigenvalue weighted by molar-refractivity contribution is 0.162. The summed E-state index contributed by atoms with van der Waals surface area (Å²) in [4.78, 5) is 0. The second-order valence-electron chi connectivity index (χ2n) is 0.781. The van der Waals surface area contributed by atoms with Crippen molar-refractivity contribution in [1.29, 1.82) is 0 Å². The van der Waals surface area contributed by atoms with Crippen molar-refractivity contribution in [2.45, 2.75) is 13.8 Å². The molecule has 0 N–H and O–H groups in total. The Labute approximate surface area is 77.7 Å². The topological polar surface area (TPSA) is 9.23 Å². The summed E-state index contributed by atoms with van der Waals surface area (Å²) in [7, 11) is 0. The van der Waals surface area contributed by atoms with Gasteiger partial charge in [-0.3, -0.25) is 0 Å². The Bertz CT molecular complexity index is 23.3. The normalized spacial score (nSPS) is 4.67. The Morgan fingerprint density at radius 1 is 0.889 bits per heavy atom. The van der Waals surface area contributed by atoms with Crippen LogP contribution < -0.4 is 0 Å². The van der Waals surface area contributed by atoms with E-state index in [9.17, 15) is 0 Å². The lowest BCUT2D eigenvalue weighted by Crippen LogP contribution is -1.84. The molecule has 0 amide bonds. The van der Waals surface area contributed by atoms with Gasteiger partial charge in [0.1, 0.15) is 0 Å². The largest absolute Gasteiger partial charge is 0.382 e. The Kier molecular flexibility index (Phi) is 133. The van der Waals surface area contributed by atoms with Gasteiger partial charge in [0.25, 0.3) is 0 Å². The molecule has 0 aromatic heterocycles. The van der Waals surface area contributed by atoms with E-state index in [0.29, 0.717) is 0 Å². The summed E-state index contributed by atoms with van der Waals surface area (Å²) in [5.41, 5.74) is 0. The minimum Gasteiger partial charge on any atom is -0.382 e. The van der Waals surface area contributed by atoms with E-state index in [2.05, 4.69) is 0 Å². The van der Waals surface area contributed by atoms with Gasteiger partial charge in [-0.2, -0.15) is 0 Å². The fraction of sp³-hybridized carbons (Fsp3) is 1.00. The van der Waals surface area contributed by atoms with Gasteiger partial charge in [-0.15, -0.1) is 37.2 Å². The van der Waals surface area contributed by atoms with Crippen LogP contribution in [-0.2, 0) is 4.74 Å². The standard InChI is InChI=1S/C4H10O.BH3.3ClH/c1-3-5-4-2;;;;/h3-4H2,1-2H3;1H3;3*1H. The highest BCUT2D eigenvalue weighted by molar-refractivity contribution is 5.86. The van der Waals surface area contributed by atoms with Crippen molar-refractivity contribution in [1.82, 2.24) is 0 Å². The summed E-state index contributed by atoms with van der Waals surface area (Å²) in [5.74, 6) is 0. The lowest BCUT2D eigenvalue weighted by atomic mass is 10.8. The second kappa shape index (κ2) is 36.5. The van der Waals surface area contributed by atoms with Crippen molar-refractivity contribution in [3.05, 3.63) is 0 Å². The van der Waals surface area contributed by atoms with Crippen LogP contribution in [-0.4, -0.2) is 21.6 Å². The van der Waals surface area contributed by atoms with E-state index in [1.807, 2.05) is 13.8 Å². The third-order valence-electron chi connectivity index (χ3n) is 0.408. The maximum absolute atomic E-state index is 4.83. The molecule has 0 atom stereocenters. The molecule has 0 saturated heterocycles. The fourth-order valence-electron chi connectivity index (χ4n) is 0.204. The first kappa shape index (κ1) is 32.7. The van der Waals surface area contributed by atoms with Crippen LogP contribution in [0.25, 0.3) is 0 Å². The molecule has 0 aliphatic heterocycles. The Balaban J connectivity index is -0.0000000133. The third kappa shape index (κ3) is 50.5. The Morgan fingerprint density at radius 3 is 1.11 bits per heavy atom. The van der Waals surface area contributed by atoms with Crippen molar-refractivity contribution >= 4 is 45.6 Å². The molecule has 1 nitrogen and oxygen atoms in total. The van der Waals surface area contributed by atoms with E-state index in [4.69, 9.17) is 4.74 Å². The smallest absolute Gasteiger partial charge is 0.0814 e. The van der Waals surface area contributed by atoms with Gasteiger partial charge in [-0.25, -0.2) is 0 Å². The molecule has 0 aliphatic rings. The fourth-order valence-corrected chi connectivity index (χ4v) is 0.204. The highest BCUT2D eigenvalue weighted by atomic mass is 35.5. The summed E-state index contributed by atoms with van der Waals surface area (Å²) in [5, 5.41) is 0. The van der Waals surface area contributed by atoms with Gasteiger partial charge in [0.2, 0.25) is 0 Å². The van der Waals surface area contributed by atoms with E-state index >= 15 is 0 Å². The molecule has 5 heteroatoms. The van der Waals surface area contributed by atoms with Crippen molar-refractivity contribution in [3.63, 3.8) is 0 Å². The summed E-state index contributed by atoms with van der Waals surface area (Å²) in [6.07, 6.45) is 0. The zero-order chi connectivity index (χ0) is 4.12. The average molecular weight is 197 g/mol. The van der Waals surface area contributed by atoms with E-state index in [-0.39, 0.29) is 45.6 Å². The lowest BCUT2D eigenvalue weighted by Gasteiger charge is -1.86. The summed E-state index contributed by atoms with van der Waals surface area (Å²) < 4.78 is 4.83. The zero-order valence-corrected chi connectivity index (χ0v) is 7.50. The Hall–Kier alpha value is 0.895. The minimum atomic E-state index is 0. The number of ether oxygens (including phenoxy) is 1. The molecule has 0 aromatic carbocycles. The van der Waals surface area contributed by atoms with Gasteiger partial charge in [-0.05, 0) is 13.8 Å². The summed E-state index contributed by atoms with van der Waals surface area (Å²) >= 11 is 0. The van der Waals surface area contributed by atoms with E-state index in [0.717, 1.165) is 13.2 Å². The predicted octanol–water partition coefficient (Wildman–Crippen LogP) is 1.12. The third-order valence-corrected chi connectivity index (χ3v) is 0.408. The van der Waals surface area contributed by atoms with E-state index in [1.54, 1.807) is 0 Å². The molecule has 62 valence electrons. The van der Waals surface area contributed by atoms with E-state index < -0.39 is 0 Å². The molecule has 0 fully saturated rings. The van der Waals surface area contributed by atoms with Crippen molar-refractivity contribution in [3.8, 4) is 0 Å². The van der Waals surface area contributed by atoms with Crippen LogP contribution in [0.4, 0.5) is 0 Å². The highest BCUT2D eigenvalue weighted by Crippen LogP contribution is 1.64. The van der Waals surface area contributed by atoms with Crippen LogP contribution in [0, 0.1) is 0 Å². The monoisotopic (exact) mass is 196 g/mol. The first-order valence-electron chi connectivity index (χ1n) is 1.99. The quantitative estimate of drug-likeness (QED) is 0.603. The molecule has 0 aromatic rings. The highest BCUT2D eigenvalue weighted by Gasteiger charge is 1.64. The molecule has 9 heavy (non-hydrogen) atoms. The molecule has 0 radical (unpaired) electrons. The van der Waals surface area contributed by atoms with E-state index in [1.165, 1.54) is 0 Å². The number of hydrogen-bond acceptors (Lipinski definition) is 1. The van der Waals surface area contributed by atoms with Crippen LogP contribution in [0.2, 0.25) is 0 Å². The molecule has 0 spiro atoms. The van der Waals surface area contributed by atoms with Crippen LogP contribution in [0.15, 0.2) is 0 Å². The predicted molar refractivity (Wildman–Crippen MR) is 53.9 cm³/mol. The molecule has 0 aliphatic carbocycles. The van der Waals surface area contributed by atoms with Crippen molar-refractivity contribution in [2.24, 2.45) is 0 Å². The molecular weight excluding hydrogens is 181 g/mol. The van der Waals surface area contributed by atoms with Gasteiger partial charge in [0.05, 0.1) is 8.41 Å². The van der Waals surface area contributed by atoms with Crippen LogP contribution in [0.3, 0.4) is 0 Å². The van der Waals surface area contributed by atoms with Gasteiger partial charge >= 0.3 is 0 Å². The molecule has 0 heterocycles. The summed E-state index contributed by atoms with van der Waals surface area (Å²) in [6.45, 7) is 5.67. The molecular formula is C4H16BCl3O. The van der Waals surface area contributed by atoms with Crippen LogP contribution >= 0.6 is 37.2 Å². The molecule has 0 unspecified atom stereocenters. The van der Waals surface area contributed by atoms with Crippen molar-refractivity contribution in [2.75, 3.05) is 13.2 Å². The maximum atomic E-state index is 4.83. The zero-order valence-electron chi connectivity index (χ0n) is 5.05. The first-order valence-corrected chi connectivity index (χ1v) is 1.99. The maximum Gasteiger partial charge on any atom is 0.0814 e. The van der Waals surface area contributed by atoms with Gasteiger partial charge in [-0.1, -0.05) is 0 Å². The Morgan fingerprint density at radius 2 is 1.11 bits per heavy atom. The average Bonchev–Trinajstić information content (AvgIpc) is 1.41. The van der Waals surface area contributed by atoms with Gasteiger partial charge in [0, 0.05) is 13.2 Å². The number of rotatable bonds is 2. The van der Waals surface area contributed by atoms with Gasteiger partial charge < -0.3 is 4.74 Å². The van der Waals surface area contributed by atoms with Gasteiger partial charge in [0.15, 0.2) is 0 Å². The molecule has 0 saturated carbocycles. The second-order valence-corrected chi connectivity index (χ2v) is 0.781. The van der Waals surface area contributed by atoms with Crippen LogP contribution in [0.5, 0.6) is 0 Å². The molecule has 0 rings (SSSR count). The number of halogens is 3. The SMILES string of the molecule is B.CCOCC.Cl.Cl.Cl. The summed E-state index contributed by atoms with van der Waals surface area (Å²) in [6, 6.07) is 0. The van der Waals surface area contributed by atoms with Crippen molar-refractivity contribution < 1.29 is 4.74 Å². The first-order chi connectivity index (χ1) is 2.41.